The summed E-state index contributed by atoms with van der Waals surface area (Å²) in [5.41, 5.74) is 0.662. The predicted molar refractivity (Wildman–Crippen MR) is 93.6 cm³/mol. The first-order chi connectivity index (χ1) is 12.7. The van der Waals surface area contributed by atoms with E-state index in [0.717, 1.165) is 17.7 Å². The molecule has 1 aliphatic heterocycles. The number of carbonyl (C=O) groups is 2. The molecule has 2 aliphatic carbocycles. The number of urea groups is 1. The van der Waals surface area contributed by atoms with Gasteiger partial charge in [-0.05, 0) is 30.4 Å². The highest BCUT2D eigenvalue weighted by Crippen LogP contribution is 2.32. The molecule has 130 valence electrons. The van der Waals surface area contributed by atoms with E-state index in [0.29, 0.717) is 17.4 Å². The van der Waals surface area contributed by atoms with Crippen molar-refractivity contribution in [1.82, 2.24) is 15.0 Å². The van der Waals surface area contributed by atoms with E-state index < -0.39 is 5.92 Å². The number of rotatable bonds is 4. The molecule has 5 rings (SSSR count). The third kappa shape index (κ3) is 2.45. The first-order valence-corrected chi connectivity index (χ1v) is 9.33. The summed E-state index contributed by atoms with van der Waals surface area (Å²) in [6, 6.07) is 3.54. The second kappa shape index (κ2) is 5.84. The van der Waals surface area contributed by atoms with Gasteiger partial charge in [0.15, 0.2) is 6.54 Å². The van der Waals surface area contributed by atoms with Gasteiger partial charge in [-0.3, -0.25) is 0 Å². The van der Waals surface area contributed by atoms with Gasteiger partial charge in [0, 0.05) is 0 Å². The lowest BCUT2D eigenvalue weighted by atomic mass is 9.94. The van der Waals surface area contributed by atoms with E-state index in [4.69, 9.17) is 4.52 Å². The van der Waals surface area contributed by atoms with Crippen LogP contribution in [0, 0.1) is 5.92 Å². The van der Waals surface area contributed by atoms with Gasteiger partial charge in [-0.1, -0.05) is 29.5 Å². The molecule has 1 fully saturated rings. The van der Waals surface area contributed by atoms with Crippen LogP contribution in [0.3, 0.4) is 0 Å². The number of fused-ring (bicyclic) bond motifs is 1. The van der Waals surface area contributed by atoms with Gasteiger partial charge in [0.1, 0.15) is 17.7 Å². The topological polar surface area (TPSA) is 79.3 Å². The highest BCUT2D eigenvalue weighted by molar-refractivity contribution is 7.13. The van der Waals surface area contributed by atoms with Crippen LogP contribution in [0.25, 0.3) is 10.7 Å². The van der Waals surface area contributed by atoms with Gasteiger partial charge in [-0.15, -0.1) is 11.3 Å². The Morgan fingerprint density at radius 2 is 2.19 bits per heavy atom. The number of allylic oxidation sites excluding steroid dienone is 3. The van der Waals surface area contributed by atoms with Crippen molar-refractivity contribution in [2.24, 2.45) is 5.92 Å². The van der Waals surface area contributed by atoms with Gasteiger partial charge >= 0.3 is 11.9 Å². The van der Waals surface area contributed by atoms with E-state index in [-0.39, 0.29) is 24.5 Å². The van der Waals surface area contributed by atoms with E-state index in [1.165, 1.54) is 16.2 Å². The van der Waals surface area contributed by atoms with Crippen molar-refractivity contribution in [3.63, 3.8) is 0 Å². The lowest BCUT2D eigenvalue weighted by Crippen LogP contribution is -2.54. The molecule has 1 unspecified atom stereocenters. The van der Waals surface area contributed by atoms with Crippen LogP contribution in [0.15, 0.2) is 46.3 Å². The number of imide groups is 1. The summed E-state index contributed by atoms with van der Waals surface area (Å²) in [6.07, 6.45) is 9.05. The molecule has 0 N–H and O–H groups in total. The third-order valence-corrected chi connectivity index (χ3v) is 5.53. The monoisotopic (exact) mass is 367 g/mol. The lowest BCUT2D eigenvalue weighted by molar-refractivity contribution is -0.460. The molecular formula is C18H15N4O3S+. The molecule has 0 aromatic carbocycles. The molecule has 0 bridgehead atoms. The van der Waals surface area contributed by atoms with Crippen molar-refractivity contribution in [1.29, 1.82) is 0 Å². The summed E-state index contributed by atoms with van der Waals surface area (Å²) < 4.78 is 6.93. The fourth-order valence-corrected chi connectivity index (χ4v) is 3.92. The van der Waals surface area contributed by atoms with Crippen LogP contribution < -0.4 is 0 Å². The maximum Gasteiger partial charge on any atom is 0.501 e. The number of nitrogens with zero attached hydrogens (tertiary/aromatic N) is 4. The summed E-state index contributed by atoms with van der Waals surface area (Å²) >= 11 is 1.52. The molecule has 26 heavy (non-hydrogen) atoms. The molecule has 3 amide bonds. The number of hydrogen-bond donors (Lipinski definition) is 0. The van der Waals surface area contributed by atoms with Crippen LogP contribution in [0.1, 0.15) is 18.7 Å². The minimum absolute atomic E-state index is 0.0164. The molecule has 0 spiro atoms. The number of hydrogen-bond acceptors (Lipinski definition) is 6. The average molecular weight is 367 g/mol. The van der Waals surface area contributed by atoms with Gasteiger partial charge in [0.05, 0.1) is 4.88 Å². The molecule has 3 heterocycles. The maximum absolute atomic E-state index is 13.0. The quantitative estimate of drug-likeness (QED) is 0.776. The Labute approximate surface area is 152 Å². The minimum Gasteiger partial charge on any atom is -0.335 e. The van der Waals surface area contributed by atoms with Crippen LogP contribution in [-0.4, -0.2) is 43.3 Å². The first-order valence-electron chi connectivity index (χ1n) is 8.45. The molecule has 0 saturated heterocycles. The maximum atomic E-state index is 13.0. The predicted octanol–water partition coefficient (Wildman–Crippen LogP) is 2.62. The van der Waals surface area contributed by atoms with Crippen molar-refractivity contribution in [2.75, 3.05) is 0 Å². The van der Waals surface area contributed by atoms with Crippen molar-refractivity contribution >= 4 is 29.0 Å². The van der Waals surface area contributed by atoms with E-state index in [2.05, 4.69) is 10.1 Å². The van der Waals surface area contributed by atoms with Crippen molar-refractivity contribution < 1.29 is 18.7 Å². The zero-order valence-electron chi connectivity index (χ0n) is 13.7. The fourth-order valence-electron chi connectivity index (χ4n) is 3.27. The molecule has 2 aromatic rings. The highest BCUT2D eigenvalue weighted by atomic mass is 32.1. The van der Waals surface area contributed by atoms with Gasteiger partial charge < -0.3 is 4.52 Å². The normalized spacial score (nSPS) is 22.3. The van der Waals surface area contributed by atoms with Crippen LogP contribution in [-0.2, 0) is 11.3 Å². The van der Waals surface area contributed by atoms with Gasteiger partial charge in [-0.25, -0.2) is 4.79 Å². The van der Waals surface area contributed by atoms with Gasteiger partial charge in [0.25, 0.3) is 5.89 Å². The molecule has 1 atom stereocenters. The standard InChI is InChI=1S/C18H15N4O3S/c23-17-12-4-1-2-5-13(12)21(18(24)22(17)11-7-8-11)10-15-19-16(20-25-15)14-6-3-9-26-14/h1-6,9,11-12H,7-8,10H2/q+1. The second-order valence-electron chi connectivity index (χ2n) is 6.44. The van der Waals surface area contributed by atoms with Gasteiger partial charge in [-0.2, -0.15) is 19.3 Å². The molecule has 8 heteroatoms. The Morgan fingerprint density at radius 3 is 2.96 bits per heavy atom. The first kappa shape index (κ1) is 15.4. The van der Waals surface area contributed by atoms with Crippen molar-refractivity contribution in [2.45, 2.75) is 25.4 Å². The zero-order chi connectivity index (χ0) is 17.7. The summed E-state index contributed by atoms with van der Waals surface area (Å²) in [6.45, 7) is 0.151. The van der Waals surface area contributed by atoms with E-state index >= 15 is 0 Å². The second-order valence-corrected chi connectivity index (χ2v) is 7.39. The van der Waals surface area contributed by atoms with E-state index in [1.807, 2.05) is 35.7 Å². The zero-order valence-corrected chi connectivity index (χ0v) is 14.6. The number of thiophene rings is 1. The van der Waals surface area contributed by atoms with E-state index in [9.17, 15) is 9.59 Å². The van der Waals surface area contributed by atoms with Crippen LogP contribution in [0.5, 0.6) is 0 Å². The molecular weight excluding hydrogens is 352 g/mol. The van der Waals surface area contributed by atoms with Crippen molar-refractivity contribution in [3.8, 4) is 10.7 Å². The molecule has 0 radical (unpaired) electrons. The van der Waals surface area contributed by atoms with Crippen molar-refractivity contribution in [3.05, 3.63) is 47.7 Å². The molecule has 1 saturated carbocycles. The summed E-state index contributed by atoms with van der Waals surface area (Å²) in [5, 5.41) is 5.94. The molecule has 3 aliphatic rings. The Bertz CT molecular complexity index is 982. The van der Waals surface area contributed by atoms with Gasteiger partial charge in [0.2, 0.25) is 5.82 Å². The molecule has 7 nitrogen and oxygen atoms in total. The SMILES string of the molecule is O=C1C2C=CC=CC2=[N+](Cc2nc(-c3cccs3)no2)C(=O)N1C1CC1. The van der Waals surface area contributed by atoms with E-state index in [1.54, 1.807) is 10.7 Å². The summed E-state index contributed by atoms with van der Waals surface area (Å²) in [7, 11) is 0. The van der Waals surface area contributed by atoms with Crippen LogP contribution in [0.4, 0.5) is 4.79 Å². The fraction of sp³-hybridized carbons (Fsp3) is 0.278. The van der Waals surface area contributed by atoms with Crippen LogP contribution >= 0.6 is 11.3 Å². The Hall–Kier alpha value is -2.87. The summed E-state index contributed by atoms with van der Waals surface area (Å²) in [4.78, 5) is 32.4. The smallest absolute Gasteiger partial charge is 0.335 e. The Morgan fingerprint density at radius 1 is 1.31 bits per heavy atom. The number of amides is 3. The number of aromatic nitrogens is 2. The average Bonchev–Trinajstić information content (AvgIpc) is 3.14. The Kier molecular flexibility index (Phi) is 3.46. The Balaban J connectivity index is 1.51. The largest absolute Gasteiger partial charge is 0.501 e. The minimum atomic E-state index is -0.432. The summed E-state index contributed by atoms with van der Waals surface area (Å²) in [5.74, 6) is 0.281. The third-order valence-electron chi connectivity index (χ3n) is 4.67. The molecule has 2 aromatic heterocycles. The highest BCUT2D eigenvalue weighted by Gasteiger charge is 2.53. The lowest BCUT2D eigenvalue weighted by Gasteiger charge is -2.26. The number of carbonyl (C=O) groups excluding carboxylic acids is 2. The van der Waals surface area contributed by atoms with Crippen LogP contribution in [0.2, 0.25) is 0 Å².